The van der Waals surface area contributed by atoms with Crippen molar-refractivity contribution < 1.29 is 27.1 Å². The van der Waals surface area contributed by atoms with Gasteiger partial charge in [0.1, 0.15) is 23.4 Å². The summed E-state index contributed by atoms with van der Waals surface area (Å²) in [5.74, 6) is -0.410. The Hall–Kier alpha value is -4.29. The van der Waals surface area contributed by atoms with Crippen LogP contribution >= 0.6 is 0 Å². The molecular weight excluding hydrogens is 542 g/mol. The third kappa shape index (κ3) is 6.08. The lowest BCUT2D eigenvalue weighted by atomic mass is 10.1. The van der Waals surface area contributed by atoms with Crippen molar-refractivity contribution in [3.63, 3.8) is 0 Å². The van der Waals surface area contributed by atoms with Gasteiger partial charge in [0.15, 0.2) is 5.82 Å². The first kappa shape index (κ1) is 28.2. The van der Waals surface area contributed by atoms with Crippen LogP contribution in [0, 0.1) is 12.7 Å². The Bertz CT molecular complexity index is 1570. The van der Waals surface area contributed by atoms with Crippen molar-refractivity contribution in [2.45, 2.75) is 58.4 Å². The Morgan fingerprint density at radius 3 is 2.34 bits per heavy atom. The van der Waals surface area contributed by atoms with Gasteiger partial charge in [-0.15, -0.1) is 0 Å². The summed E-state index contributed by atoms with van der Waals surface area (Å²) in [6.45, 7) is 8.18. The topological polar surface area (TPSA) is 98.1 Å². The second-order valence-corrected chi connectivity index (χ2v) is 10.9. The molecule has 41 heavy (non-hydrogen) atoms. The van der Waals surface area contributed by atoms with Crippen LogP contribution in [0.2, 0.25) is 0 Å². The van der Waals surface area contributed by atoms with E-state index in [1.807, 2.05) is 11.8 Å². The van der Waals surface area contributed by atoms with E-state index in [2.05, 4.69) is 25.3 Å². The van der Waals surface area contributed by atoms with Gasteiger partial charge in [-0.25, -0.2) is 29.1 Å². The molecule has 9 nitrogen and oxygen atoms in total. The monoisotopic (exact) mass is 571 g/mol. The fraction of sp³-hybridized carbons (Fsp3) is 0.393. The summed E-state index contributed by atoms with van der Waals surface area (Å²) in [7, 11) is 0. The van der Waals surface area contributed by atoms with Crippen molar-refractivity contribution in [1.29, 1.82) is 0 Å². The number of aryl methyl sites for hydroxylation is 1. The minimum absolute atomic E-state index is 0.0923. The summed E-state index contributed by atoms with van der Waals surface area (Å²) < 4.78 is 61.0. The number of rotatable bonds is 5. The van der Waals surface area contributed by atoms with Crippen molar-refractivity contribution in [3.8, 4) is 0 Å². The fourth-order valence-corrected chi connectivity index (χ4v) is 4.78. The number of hydrogen-bond acceptors (Lipinski definition) is 8. The third-order valence-corrected chi connectivity index (χ3v) is 6.78. The van der Waals surface area contributed by atoms with Crippen LogP contribution in [0.15, 0.2) is 43.1 Å². The van der Waals surface area contributed by atoms with Crippen LogP contribution in [0.5, 0.6) is 0 Å². The number of hydrogen-bond donors (Lipinski definition) is 1. The van der Waals surface area contributed by atoms with E-state index < -0.39 is 29.1 Å². The fourth-order valence-electron chi connectivity index (χ4n) is 4.78. The molecule has 0 unspecified atom stereocenters. The summed E-state index contributed by atoms with van der Waals surface area (Å²) in [5.41, 5.74) is 0.704. The Balaban J connectivity index is 1.32. The number of piperidine rings is 1. The number of carbonyl (C=O) groups excluding carboxylic acids is 1. The van der Waals surface area contributed by atoms with Gasteiger partial charge in [-0.2, -0.15) is 13.2 Å². The summed E-state index contributed by atoms with van der Waals surface area (Å²) in [6, 6.07) is 4.96. The van der Waals surface area contributed by atoms with Crippen molar-refractivity contribution in [2.75, 3.05) is 23.3 Å². The Morgan fingerprint density at radius 2 is 1.73 bits per heavy atom. The second-order valence-electron chi connectivity index (χ2n) is 10.9. The second kappa shape index (κ2) is 10.6. The number of fused-ring (bicyclic) bond motifs is 1. The number of esters is 1. The molecule has 4 heterocycles. The lowest BCUT2D eigenvalue weighted by Gasteiger charge is -2.32. The van der Waals surface area contributed by atoms with Gasteiger partial charge in [0, 0.05) is 43.4 Å². The molecule has 0 amide bonds. The molecule has 0 bridgehead atoms. The molecule has 0 atom stereocenters. The van der Waals surface area contributed by atoms with E-state index in [4.69, 9.17) is 4.74 Å². The van der Waals surface area contributed by atoms with Crippen LogP contribution in [0.1, 0.15) is 61.1 Å². The first-order valence-electron chi connectivity index (χ1n) is 13.1. The van der Waals surface area contributed by atoms with Gasteiger partial charge >= 0.3 is 12.1 Å². The van der Waals surface area contributed by atoms with Crippen molar-refractivity contribution in [1.82, 2.24) is 24.5 Å². The van der Waals surface area contributed by atoms with Crippen LogP contribution in [-0.2, 0) is 10.9 Å². The molecule has 1 aliphatic rings. The molecular formula is C28H29F4N7O2. The number of nitrogens with zero attached hydrogens (tertiary/aromatic N) is 6. The van der Waals surface area contributed by atoms with Crippen molar-refractivity contribution in [2.24, 2.45) is 0 Å². The zero-order valence-electron chi connectivity index (χ0n) is 23.0. The minimum atomic E-state index is -4.50. The molecule has 1 saturated heterocycles. The largest absolute Gasteiger partial charge is 0.456 e. The summed E-state index contributed by atoms with van der Waals surface area (Å²) in [6.07, 6.45) is 0.997. The molecule has 3 aromatic heterocycles. The van der Waals surface area contributed by atoms with Gasteiger partial charge in [0.05, 0.1) is 16.5 Å². The van der Waals surface area contributed by atoms with E-state index >= 15 is 4.39 Å². The molecule has 0 aliphatic carbocycles. The minimum Gasteiger partial charge on any atom is -0.456 e. The molecule has 0 saturated carbocycles. The molecule has 13 heteroatoms. The number of ether oxygens (including phenoxy) is 1. The van der Waals surface area contributed by atoms with Crippen LogP contribution in [0.25, 0.3) is 11.0 Å². The maximum absolute atomic E-state index is 15.3. The average Bonchev–Trinajstić information content (AvgIpc) is 3.25. The standard InChI is InChI=1S/C28H29F4N7O2/c1-16-11-17(25(40)41-27(2,3)4)5-6-21(16)37-23-22-20(29)14-39(24(22)36-15-35-23)19-7-9-38(10-8-19)26-33-12-18(13-34-26)28(30,31)32/h5-6,11-15,19H,7-10H2,1-4H3,(H,35,36,37). The zero-order chi connectivity index (χ0) is 29.5. The lowest BCUT2D eigenvalue weighted by molar-refractivity contribution is -0.138. The molecule has 1 fully saturated rings. The number of nitrogens with one attached hydrogen (secondary N) is 1. The Morgan fingerprint density at radius 1 is 1.05 bits per heavy atom. The SMILES string of the molecule is Cc1cc(C(=O)OC(C)(C)C)ccc1Nc1ncnc2c1c(F)cn2C1CCN(c2ncc(C(F)(F)F)cn2)CC1. The molecule has 1 aromatic carbocycles. The van der Waals surface area contributed by atoms with Crippen molar-refractivity contribution in [3.05, 3.63) is 65.6 Å². The molecule has 4 aromatic rings. The maximum atomic E-state index is 15.3. The predicted molar refractivity (Wildman–Crippen MR) is 145 cm³/mol. The molecule has 0 spiro atoms. The maximum Gasteiger partial charge on any atom is 0.419 e. The molecule has 216 valence electrons. The first-order chi connectivity index (χ1) is 19.3. The van der Waals surface area contributed by atoms with Crippen LogP contribution in [0.4, 0.5) is 35.0 Å². The van der Waals surface area contributed by atoms with E-state index in [1.165, 1.54) is 12.5 Å². The highest BCUT2D eigenvalue weighted by molar-refractivity contribution is 5.92. The molecule has 5 rings (SSSR count). The van der Waals surface area contributed by atoms with E-state index in [0.717, 1.165) is 18.0 Å². The molecule has 1 aliphatic heterocycles. The van der Waals surface area contributed by atoms with E-state index in [1.54, 1.807) is 43.5 Å². The van der Waals surface area contributed by atoms with Gasteiger partial charge < -0.3 is 19.5 Å². The Labute approximate surface area is 233 Å². The summed E-state index contributed by atoms with van der Waals surface area (Å²) in [5, 5.41) is 3.40. The molecule has 0 radical (unpaired) electrons. The number of benzene rings is 1. The average molecular weight is 572 g/mol. The number of anilines is 3. The van der Waals surface area contributed by atoms with Gasteiger partial charge in [-0.1, -0.05) is 0 Å². The number of aromatic nitrogens is 5. The van der Waals surface area contributed by atoms with Crippen LogP contribution in [-0.4, -0.2) is 49.2 Å². The molecule has 1 N–H and O–H groups in total. The van der Waals surface area contributed by atoms with Gasteiger partial charge in [-0.05, 0) is 64.3 Å². The van der Waals surface area contributed by atoms with Crippen LogP contribution in [0.3, 0.4) is 0 Å². The van der Waals surface area contributed by atoms with Crippen molar-refractivity contribution >= 4 is 34.5 Å². The Kier molecular flexibility index (Phi) is 7.30. The van der Waals surface area contributed by atoms with Gasteiger partial charge in [0.2, 0.25) is 5.95 Å². The number of halogens is 4. The van der Waals surface area contributed by atoms with Gasteiger partial charge in [-0.3, -0.25) is 0 Å². The summed E-state index contributed by atoms with van der Waals surface area (Å²) >= 11 is 0. The quantitative estimate of drug-likeness (QED) is 0.223. The highest BCUT2D eigenvalue weighted by atomic mass is 19.4. The van der Waals surface area contributed by atoms with Gasteiger partial charge in [0.25, 0.3) is 0 Å². The third-order valence-electron chi connectivity index (χ3n) is 6.78. The first-order valence-corrected chi connectivity index (χ1v) is 13.1. The van der Waals surface area contributed by atoms with E-state index in [0.29, 0.717) is 42.8 Å². The lowest BCUT2D eigenvalue weighted by Crippen LogP contribution is -2.35. The highest BCUT2D eigenvalue weighted by Crippen LogP contribution is 2.34. The highest BCUT2D eigenvalue weighted by Gasteiger charge is 2.32. The normalized spacial score (nSPS) is 14.9. The number of alkyl halides is 3. The predicted octanol–water partition coefficient (Wildman–Crippen LogP) is 6.23. The van der Waals surface area contributed by atoms with Crippen LogP contribution < -0.4 is 10.2 Å². The number of carbonyl (C=O) groups is 1. The summed E-state index contributed by atoms with van der Waals surface area (Å²) in [4.78, 5) is 30.6. The van der Waals surface area contributed by atoms with E-state index in [9.17, 15) is 18.0 Å². The zero-order valence-corrected chi connectivity index (χ0v) is 23.0. The smallest absolute Gasteiger partial charge is 0.419 e. The van der Waals surface area contributed by atoms with E-state index in [-0.39, 0.29) is 23.2 Å².